The van der Waals surface area contributed by atoms with Gasteiger partial charge < -0.3 is 14.7 Å². The average Bonchev–Trinajstić information content (AvgIpc) is 2.37. The first-order chi connectivity index (χ1) is 9.58. The molecule has 0 aromatic carbocycles. The number of aliphatic hydroxyl groups excluding tert-OH is 1. The second-order valence-corrected chi connectivity index (χ2v) is 7.95. The smallest absolute Gasteiger partial charge is 0.410 e. The molecule has 0 unspecified atom stereocenters. The van der Waals surface area contributed by atoms with E-state index < -0.39 is 21.9 Å². The maximum absolute atomic E-state index is 12.2. The van der Waals surface area contributed by atoms with Crippen LogP contribution in [0.4, 0.5) is 4.79 Å². The predicted octanol–water partition coefficient (Wildman–Crippen LogP) is -0.292. The van der Waals surface area contributed by atoms with E-state index in [1.165, 1.54) is 16.3 Å². The molecule has 0 aromatic rings. The lowest BCUT2D eigenvalue weighted by Crippen LogP contribution is -2.54. The fourth-order valence-electron chi connectivity index (χ4n) is 1.88. The number of rotatable bonds is 4. The fourth-order valence-corrected chi connectivity index (χ4v) is 3.21. The number of piperazine rings is 1. The summed E-state index contributed by atoms with van der Waals surface area (Å²) in [6, 6.07) is 0. The third-order valence-electron chi connectivity index (χ3n) is 3.03. The summed E-state index contributed by atoms with van der Waals surface area (Å²) in [6.07, 6.45) is -0.428. The molecule has 21 heavy (non-hydrogen) atoms. The lowest BCUT2D eigenvalue weighted by molar-refractivity contribution is 0.0190. The van der Waals surface area contributed by atoms with E-state index in [0.29, 0.717) is 13.1 Å². The number of nitrogens with zero attached hydrogens (tertiary/aromatic N) is 3. The van der Waals surface area contributed by atoms with Gasteiger partial charge in [-0.25, -0.2) is 4.79 Å². The number of carbonyl (C=O) groups excluding carboxylic acids is 1. The molecule has 8 nitrogen and oxygen atoms in total. The maximum atomic E-state index is 12.2. The summed E-state index contributed by atoms with van der Waals surface area (Å²) >= 11 is 0. The third-order valence-corrected chi connectivity index (χ3v) is 5.01. The van der Waals surface area contributed by atoms with Crippen LogP contribution in [-0.2, 0) is 14.9 Å². The molecule has 1 amide bonds. The van der Waals surface area contributed by atoms with E-state index in [4.69, 9.17) is 9.84 Å². The van der Waals surface area contributed by atoms with E-state index in [1.54, 1.807) is 20.8 Å². The minimum atomic E-state index is -3.58. The minimum absolute atomic E-state index is 0.0502. The quantitative estimate of drug-likeness (QED) is 0.768. The van der Waals surface area contributed by atoms with Crippen LogP contribution in [0.15, 0.2) is 0 Å². The summed E-state index contributed by atoms with van der Waals surface area (Å²) in [5.74, 6) is 0. The van der Waals surface area contributed by atoms with E-state index >= 15 is 0 Å². The van der Waals surface area contributed by atoms with Gasteiger partial charge in [0.2, 0.25) is 0 Å². The van der Waals surface area contributed by atoms with Crippen LogP contribution in [0.25, 0.3) is 0 Å². The topological polar surface area (TPSA) is 90.4 Å². The fraction of sp³-hybridized carbons (Fsp3) is 0.917. The van der Waals surface area contributed by atoms with E-state index in [9.17, 15) is 13.2 Å². The Bertz CT molecular complexity index is 452. The van der Waals surface area contributed by atoms with Gasteiger partial charge in [-0.15, -0.1) is 0 Å². The second kappa shape index (κ2) is 6.91. The molecule has 1 rings (SSSR count). The number of hydrogen-bond donors (Lipinski definition) is 1. The zero-order valence-corrected chi connectivity index (χ0v) is 13.9. The second-order valence-electron chi connectivity index (χ2n) is 5.92. The van der Waals surface area contributed by atoms with Gasteiger partial charge in [0, 0.05) is 39.8 Å². The highest BCUT2D eigenvalue weighted by atomic mass is 32.2. The first kappa shape index (κ1) is 18.1. The monoisotopic (exact) mass is 323 g/mol. The van der Waals surface area contributed by atoms with Crippen LogP contribution >= 0.6 is 0 Å². The Hall–Kier alpha value is -0.900. The number of aliphatic hydroxyl groups is 1. The molecule has 0 aliphatic carbocycles. The highest BCUT2D eigenvalue weighted by Crippen LogP contribution is 2.14. The Morgan fingerprint density at radius 3 is 2.19 bits per heavy atom. The van der Waals surface area contributed by atoms with Gasteiger partial charge in [-0.2, -0.15) is 17.0 Å². The van der Waals surface area contributed by atoms with Crippen LogP contribution in [0, 0.1) is 0 Å². The van der Waals surface area contributed by atoms with Crippen molar-refractivity contribution in [3.05, 3.63) is 0 Å². The molecule has 1 heterocycles. The maximum Gasteiger partial charge on any atom is 0.410 e. The van der Waals surface area contributed by atoms with Gasteiger partial charge in [0.05, 0.1) is 6.61 Å². The summed E-state index contributed by atoms with van der Waals surface area (Å²) in [5.41, 5.74) is -0.568. The Balaban J connectivity index is 2.58. The summed E-state index contributed by atoms with van der Waals surface area (Å²) in [7, 11) is -2.16. The number of carbonyl (C=O) groups is 1. The molecule has 1 N–H and O–H groups in total. The van der Waals surface area contributed by atoms with Gasteiger partial charge in [0.1, 0.15) is 5.60 Å². The molecule has 0 spiro atoms. The van der Waals surface area contributed by atoms with Crippen molar-refractivity contribution in [2.45, 2.75) is 26.4 Å². The van der Waals surface area contributed by atoms with E-state index in [1.807, 2.05) is 0 Å². The van der Waals surface area contributed by atoms with Gasteiger partial charge in [-0.05, 0) is 20.8 Å². The molecular formula is C12H25N3O5S. The van der Waals surface area contributed by atoms with Crippen LogP contribution in [0.3, 0.4) is 0 Å². The Morgan fingerprint density at radius 1 is 1.24 bits per heavy atom. The van der Waals surface area contributed by atoms with Crippen molar-refractivity contribution in [3.8, 4) is 0 Å². The van der Waals surface area contributed by atoms with Crippen LogP contribution in [0.2, 0.25) is 0 Å². The molecular weight excluding hydrogens is 298 g/mol. The lowest BCUT2D eigenvalue weighted by Gasteiger charge is -2.36. The van der Waals surface area contributed by atoms with Crippen LogP contribution in [-0.4, -0.2) is 85.1 Å². The normalized spacial score (nSPS) is 18.1. The van der Waals surface area contributed by atoms with Gasteiger partial charge in [-0.1, -0.05) is 0 Å². The van der Waals surface area contributed by atoms with Crippen molar-refractivity contribution < 1.29 is 23.1 Å². The van der Waals surface area contributed by atoms with Crippen molar-refractivity contribution in [1.82, 2.24) is 13.5 Å². The number of amides is 1. The molecule has 0 aromatic heterocycles. The van der Waals surface area contributed by atoms with Crippen molar-refractivity contribution in [3.63, 3.8) is 0 Å². The standard InChI is InChI=1S/C12H25N3O5S/c1-12(2,3)20-11(17)14-5-7-15(8-6-14)21(18,19)13(4)9-10-16/h16H,5-10H2,1-4H3. The predicted molar refractivity (Wildman–Crippen MR) is 78.0 cm³/mol. The lowest BCUT2D eigenvalue weighted by atomic mass is 10.2. The number of ether oxygens (including phenoxy) is 1. The van der Waals surface area contributed by atoms with Crippen LogP contribution in [0.1, 0.15) is 20.8 Å². The first-order valence-corrected chi connectivity index (χ1v) is 8.28. The Labute approximate surface area is 126 Å². The number of likely N-dealkylation sites (N-methyl/N-ethyl adjacent to an activating group) is 1. The van der Waals surface area contributed by atoms with Crippen molar-refractivity contribution in [2.75, 3.05) is 46.4 Å². The zero-order valence-electron chi connectivity index (χ0n) is 13.1. The highest BCUT2D eigenvalue weighted by Gasteiger charge is 2.32. The molecule has 0 bridgehead atoms. The third kappa shape index (κ3) is 5.10. The largest absolute Gasteiger partial charge is 0.444 e. The van der Waals surface area contributed by atoms with Gasteiger partial charge in [0.15, 0.2) is 0 Å². The number of hydrogen-bond acceptors (Lipinski definition) is 5. The van der Waals surface area contributed by atoms with Gasteiger partial charge in [0.25, 0.3) is 10.2 Å². The van der Waals surface area contributed by atoms with E-state index in [0.717, 1.165) is 4.31 Å². The SMILES string of the molecule is CN(CCO)S(=O)(=O)N1CCN(C(=O)OC(C)(C)C)CC1. The summed E-state index contributed by atoms with van der Waals surface area (Å²) < 4.78 is 32.0. The summed E-state index contributed by atoms with van der Waals surface area (Å²) in [4.78, 5) is 13.4. The van der Waals surface area contributed by atoms with Gasteiger partial charge >= 0.3 is 6.09 Å². The van der Waals surface area contributed by atoms with Crippen molar-refractivity contribution >= 4 is 16.3 Å². The zero-order chi connectivity index (χ0) is 16.3. The molecule has 9 heteroatoms. The van der Waals surface area contributed by atoms with Crippen molar-refractivity contribution in [2.24, 2.45) is 0 Å². The van der Waals surface area contributed by atoms with Crippen molar-refractivity contribution in [1.29, 1.82) is 0 Å². The Morgan fingerprint density at radius 2 is 1.76 bits per heavy atom. The average molecular weight is 323 g/mol. The Kier molecular flexibility index (Phi) is 5.97. The molecule has 124 valence electrons. The summed E-state index contributed by atoms with van der Waals surface area (Å²) in [6.45, 7) is 6.21. The molecule has 1 aliphatic heterocycles. The first-order valence-electron chi connectivity index (χ1n) is 6.88. The van der Waals surface area contributed by atoms with Gasteiger partial charge in [-0.3, -0.25) is 0 Å². The van der Waals surface area contributed by atoms with E-state index in [-0.39, 0.29) is 26.2 Å². The highest BCUT2D eigenvalue weighted by molar-refractivity contribution is 7.86. The van der Waals surface area contributed by atoms with E-state index in [2.05, 4.69) is 0 Å². The minimum Gasteiger partial charge on any atom is -0.444 e. The molecule has 0 radical (unpaired) electrons. The van der Waals surface area contributed by atoms with Crippen LogP contribution < -0.4 is 0 Å². The molecule has 0 atom stereocenters. The molecule has 1 fully saturated rings. The molecule has 1 saturated heterocycles. The molecule has 1 aliphatic rings. The summed E-state index contributed by atoms with van der Waals surface area (Å²) in [5, 5.41) is 8.83. The van der Waals surface area contributed by atoms with Crippen LogP contribution in [0.5, 0.6) is 0 Å². The molecule has 0 saturated carbocycles.